The fraction of sp³-hybridized carbons (Fsp3) is 0.167. The minimum absolute atomic E-state index is 0.235. The van der Waals surface area contributed by atoms with Crippen LogP contribution in [0.1, 0.15) is 16.1 Å². The minimum Gasteiger partial charge on any atom is -0.346 e. The van der Waals surface area contributed by atoms with Crippen LogP contribution in [0.3, 0.4) is 0 Å². The Kier molecular flexibility index (Phi) is 3.93. The van der Waals surface area contributed by atoms with Gasteiger partial charge in [-0.3, -0.25) is 9.48 Å². The Morgan fingerprint density at radius 3 is 2.94 bits per heavy atom. The summed E-state index contributed by atoms with van der Waals surface area (Å²) in [5.41, 5.74) is 1.21. The summed E-state index contributed by atoms with van der Waals surface area (Å²) in [4.78, 5) is 12.6. The van der Waals surface area contributed by atoms with E-state index in [1.54, 1.807) is 22.9 Å². The van der Waals surface area contributed by atoms with Gasteiger partial charge in [0.2, 0.25) is 0 Å². The van der Waals surface area contributed by atoms with Crippen molar-refractivity contribution in [2.45, 2.75) is 11.4 Å². The van der Waals surface area contributed by atoms with Gasteiger partial charge in [0.15, 0.2) is 0 Å². The highest BCUT2D eigenvalue weighted by atomic mass is 35.5. The van der Waals surface area contributed by atoms with Crippen molar-refractivity contribution in [1.82, 2.24) is 15.1 Å². The summed E-state index contributed by atoms with van der Waals surface area (Å²) < 4.78 is 1.68. The quantitative estimate of drug-likeness (QED) is 0.848. The smallest absolute Gasteiger partial charge is 0.253 e. The van der Waals surface area contributed by atoms with Gasteiger partial charge >= 0.3 is 0 Å². The molecule has 0 saturated carbocycles. The maximum Gasteiger partial charge on any atom is 0.253 e. The molecular weight excluding hydrogens is 270 g/mol. The molecule has 94 valence electrons. The molecule has 2 rings (SSSR count). The van der Waals surface area contributed by atoms with Gasteiger partial charge in [-0.25, -0.2) is 0 Å². The molecule has 0 aliphatic carbocycles. The molecule has 4 nitrogen and oxygen atoms in total. The highest BCUT2D eigenvalue weighted by Crippen LogP contribution is 2.19. The molecule has 1 N–H and O–H groups in total. The van der Waals surface area contributed by atoms with Crippen LogP contribution in [0.4, 0.5) is 0 Å². The van der Waals surface area contributed by atoms with Crippen LogP contribution < -0.4 is 5.32 Å². The Bertz CT molecular complexity index is 582. The SMILES string of the molecule is Cn1ccc(CNC(=O)c2cc(S)ccc2Cl)n1. The summed E-state index contributed by atoms with van der Waals surface area (Å²) >= 11 is 10.1. The van der Waals surface area contributed by atoms with E-state index in [1.807, 2.05) is 19.3 Å². The second-order valence-corrected chi connectivity index (χ2v) is 4.75. The lowest BCUT2D eigenvalue weighted by Crippen LogP contribution is -2.23. The molecule has 0 unspecified atom stereocenters. The van der Waals surface area contributed by atoms with Crippen LogP contribution in [-0.4, -0.2) is 15.7 Å². The Morgan fingerprint density at radius 2 is 2.28 bits per heavy atom. The zero-order chi connectivity index (χ0) is 13.1. The molecule has 1 heterocycles. The molecule has 2 aromatic rings. The number of thiol groups is 1. The summed E-state index contributed by atoms with van der Waals surface area (Å²) in [7, 11) is 1.83. The van der Waals surface area contributed by atoms with Crippen LogP contribution >= 0.6 is 24.2 Å². The van der Waals surface area contributed by atoms with Crippen LogP contribution in [-0.2, 0) is 13.6 Å². The first-order chi connectivity index (χ1) is 8.56. The van der Waals surface area contributed by atoms with Gasteiger partial charge in [-0.2, -0.15) is 5.10 Å². The topological polar surface area (TPSA) is 46.9 Å². The number of nitrogens with one attached hydrogen (secondary N) is 1. The largest absolute Gasteiger partial charge is 0.346 e. The number of rotatable bonds is 3. The fourth-order valence-corrected chi connectivity index (χ4v) is 1.92. The molecule has 0 atom stereocenters. The maximum atomic E-state index is 11.9. The van der Waals surface area contributed by atoms with E-state index < -0.39 is 0 Å². The van der Waals surface area contributed by atoms with Gasteiger partial charge in [-0.15, -0.1) is 12.6 Å². The first kappa shape index (κ1) is 13.0. The van der Waals surface area contributed by atoms with Crippen LogP contribution in [0.25, 0.3) is 0 Å². The number of aromatic nitrogens is 2. The van der Waals surface area contributed by atoms with E-state index in [0.29, 0.717) is 22.0 Å². The van der Waals surface area contributed by atoms with E-state index in [0.717, 1.165) is 5.69 Å². The van der Waals surface area contributed by atoms with Gasteiger partial charge in [0.05, 0.1) is 22.8 Å². The van der Waals surface area contributed by atoms with Gasteiger partial charge in [-0.1, -0.05) is 11.6 Å². The van der Waals surface area contributed by atoms with E-state index in [2.05, 4.69) is 23.0 Å². The van der Waals surface area contributed by atoms with Crippen LogP contribution in [0, 0.1) is 0 Å². The molecule has 0 fully saturated rings. The molecule has 6 heteroatoms. The van der Waals surface area contributed by atoms with Crippen molar-refractivity contribution >= 4 is 30.1 Å². The molecule has 0 radical (unpaired) electrons. The van der Waals surface area contributed by atoms with E-state index >= 15 is 0 Å². The lowest BCUT2D eigenvalue weighted by atomic mass is 10.2. The summed E-state index contributed by atoms with van der Waals surface area (Å²) in [5.74, 6) is -0.235. The molecule has 0 aliphatic heterocycles. The number of carbonyl (C=O) groups excluding carboxylic acids is 1. The average Bonchev–Trinajstić information content (AvgIpc) is 2.75. The molecular formula is C12H12ClN3OS. The lowest BCUT2D eigenvalue weighted by Gasteiger charge is -2.06. The van der Waals surface area contributed by atoms with Crippen LogP contribution in [0.15, 0.2) is 35.4 Å². The molecule has 18 heavy (non-hydrogen) atoms. The summed E-state index contributed by atoms with van der Waals surface area (Å²) in [5, 5.41) is 7.34. The summed E-state index contributed by atoms with van der Waals surface area (Å²) in [6.45, 7) is 0.368. The second-order valence-electron chi connectivity index (χ2n) is 3.83. The van der Waals surface area contributed by atoms with Crippen molar-refractivity contribution in [3.63, 3.8) is 0 Å². The standard InChI is InChI=1S/C12H12ClN3OS/c1-16-5-4-8(15-16)7-14-12(17)10-6-9(18)2-3-11(10)13/h2-6,18H,7H2,1H3,(H,14,17). The Hall–Kier alpha value is -1.46. The molecule has 1 aromatic heterocycles. The average molecular weight is 282 g/mol. The molecule has 0 aliphatic rings. The van der Waals surface area contributed by atoms with Crippen LogP contribution in [0.2, 0.25) is 5.02 Å². The molecule has 0 saturated heterocycles. The lowest BCUT2D eigenvalue weighted by molar-refractivity contribution is 0.0950. The monoisotopic (exact) mass is 281 g/mol. The zero-order valence-corrected chi connectivity index (χ0v) is 11.4. The number of carbonyl (C=O) groups is 1. The Morgan fingerprint density at radius 1 is 1.50 bits per heavy atom. The predicted molar refractivity (Wildman–Crippen MR) is 73.1 cm³/mol. The van der Waals surface area contributed by atoms with Crippen molar-refractivity contribution in [3.8, 4) is 0 Å². The van der Waals surface area contributed by atoms with Crippen LogP contribution in [0.5, 0.6) is 0 Å². The van der Waals surface area contributed by atoms with Gasteiger partial charge in [0.25, 0.3) is 5.91 Å². The van der Waals surface area contributed by atoms with Gasteiger partial charge in [0, 0.05) is 18.1 Å². The summed E-state index contributed by atoms with van der Waals surface area (Å²) in [6.07, 6.45) is 1.82. The van der Waals surface area contributed by atoms with E-state index in [-0.39, 0.29) is 5.91 Å². The van der Waals surface area contributed by atoms with Crippen molar-refractivity contribution < 1.29 is 4.79 Å². The number of nitrogens with zero attached hydrogens (tertiary/aromatic N) is 2. The highest BCUT2D eigenvalue weighted by molar-refractivity contribution is 7.80. The number of hydrogen-bond acceptors (Lipinski definition) is 3. The predicted octanol–water partition coefficient (Wildman–Crippen LogP) is 2.29. The van der Waals surface area contributed by atoms with Gasteiger partial charge in [0.1, 0.15) is 0 Å². The maximum absolute atomic E-state index is 11.9. The fourth-order valence-electron chi connectivity index (χ4n) is 1.51. The highest BCUT2D eigenvalue weighted by Gasteiger charge is 2.10. The second kappa shape index (κ2) is 5.46. The first-order valence-electron chi connectivity index (χ1n) is 5.31. The van der Waals surface area contributed by atoms with Gasteiger partial charge in [-0.05, 0) is 24.3 Å². The molecule has 1 amide bonds. The number of halogens is 1. The zero-order valence-electron chi connectivity index (χ0n) is 9.72. The van der Waals surface area contributed by atoms with E-state index in [4.69, 9.17) is 11.6 Å². The minimum atomic E-state index is -0.235. The number of hydrogen-bond donors (Lipinski definition) is 2. The first-order valence-corrected chi connectivity index (χ1v) is 6.14. The number of aryl methyl sites for hydroxylation is 1. The van der Waals surface area contributed by atoms with Crippen molar-refractivity contribution in [2.24, 2.45) is 7.05 Å². The third-order valence-electron chi connectivity index (χ3n) is 2.39. The molecule has 1 aromatic carbocycles. The van der Waals surface area contributed by atoms with Crippen molar-refractivity contribution in [3.05, 3.63) is 46.7 Å². The third-order valence-corrected chi connectivity index (χ3v) is 3.00. The van der Waals surface area contributed by atoms with Crippen molar-refractivity contribution in [2.75, 3.05) is 0 Å². The van der Waals surface area contributed by atoms with E-state index in [9.17, 15) is 4.79 Å². The Labute approximate surface area is 115 Å². The Balaban J connectivity index is 2.05. The normalized spacial score (nSPS) is 10.4. The van der Waals surface area contributed by atoms with E-state index in [1.165, 1.54) is 0 Å². The third kappa shape index (κ3) is 3.05. The number of amides is 1. The van der Waals surface area contributed by atoms with Crippen molar-refractivity contribution in [1.29, 1.82) is 0 Å². The number of benzene rings is 1. The summed E-state index contributed by atoms with van der Waals surface area (Å²) in [6, 6.07) is 6.87. The van der Waals surface area contributed by atoms with Gasteiger partial charge < -0.3 is 5.32 Å². The molecule has 0 bridgehead atoms. The molecule has 0 spiro atoms.